The molecule has 66 heavy (non-hydrogen) atoms. The van der Waals surface area contributed by atoms with Gasteiger partial charge in [-0.15, -0.1) is 0 Å². The molecule has 0 rings (SSSR count). The first-order valence-electron chi connectivity index (χ1n) is 28.0. The molecule has 9 heteroatoms. The lowest BCUT2D eigenvalue weighted by Crippen LogP contribution is -2.40. The molecule has 1 N–H and O–H groups in total. The molecule has 0 aliphatic carbocycles. The first-order valence-corrected chi connectivity index (χ1v) is 28.0. The van der Waals surface area contributed by atoms with Gasteiger partial charge in [-0.25, -0.2) is 4.79 Å². The number of carboxylic acid groups (broad SMARTS) is 1. The van der Waals surface area contributed by atoms with Crippen molar-refractivity contribution in [2.75, 3.05) is 47.5 Å². The molecule has 2 atom stereocenters. The van der Waals surface area contributed by atoms with Crippen LogP contribution in [0.15, 0.2) is 24.3 Å². The van der Waals surface area contributed by atoms with E-state index < -0.39 is 24.3 Å². The van der Waals surface area contributed by atoms with Crippen molar-refractivity contribution in [1.29, 1.82) is 0 Å². The number of rotatable bonds is 52. The highest BCUT2D eigenvalue weighted by Crippen LogP contribution is 2.17. The fraction of sp³-hybridized carbons (Fsp3) is 0.877. The molecule has 0 saturated carbocycles. The minimum atomic E-state index is -1.51. The quantitative estimate of drug-likeness (QED) is 0.0211. The predicted molar refractivity (Wildman–Crippen MR) is 277 cm³/mol. The van der Waals surface area contributed by atoms with E-state index in [9.17, 15) is 19.5 Å². The summed E-state index contributed by atoms with van der Waals surface area (Å²) in [5.41, 5.74) is 0. The maximum atomic E-state index is 12.8. The molecule has 0 aliphatic rings. The molecule has 0 bridgehead atoms. The lowest BCUT2D eigenvalue weighted by Gasteiger charge is -2.25. The first-order chi connectivity index (χ1) is 32.1. The van der Waals surface area contributed by atoms with Crippen molar-refractivity contribution in [2.45, 2.75) is 277 Å². The average molecular weight is 935 g/mol. The average Bonchev–Trinajstić information content (AvgIpc) is 3.28. The zero-order valence-corrected chi connectivity index (χ0v) is 44.1. The second-order valence-electron chi connectivity index (χ2n) is 20.3. The summed E-state index contributed by atoms with van der Waals surface area (Å²) in [6.45, 7) is 4.88. The van der Waals surface area contributed by atoms with Crippen molar-refractivity contribution >= 4 is 17.9 Å². The molecular weight excluding hydrogens is 827 g/mol. The molecule has 0 aromatic rings. The van der Waals surface area contributed by atoms with Crippen LogP contribution in [0.4, 0.5) is 0 Å². The lowest BCUT2D eigenvalue weighted by molar-refractivity contribution is -0.870. The molecule has 0 heterocycles. The fourth-order valence-electron chi connectivity index (χ4n) is 8.10. The summed E-state index contributed by atoms with van der Waals surface area (Å²) >= 11 is 0. The van der Waals surface area contributed by atoms with Gasteiger partial charge >= 0.3 is 17.9 Å². The van der Waals surface area contributed by atoms with Crippen LogP contribution < -0.4 is 0 Å². The Morgan fingerprint density at radius 3 is 1.23 bits per heavy atom. The van der Waals surface area contributed by atoms with Crippen LogP contribution in [0.2, 0.25) is 0 Å². The number of esters is 2. The van der Waals surface area contributed by atoms with Gasteiger partial charge in [0.1, 0.15) is 13.2 Å². The number of carbonyl (C=O) groups excluding carboxylic acids is 2. The number of allylic oxidation sites excluding steroid dienone is 4. The number of likely N-dealkylation sites (N-methyl/N-ethyl adjacent to an activating group) is 1. The molecule has 0 aromatic heterocycles. The van der Waals surface area contributed by atoms with Crippen molar-refractivity contribution in [3.63, 3.8) is 0 Å². The summed E-state index contributed by atoms with van der Waals surface area (Å²) in [7, 11) is 5.97. The molecule has 0 spiro atoms. The number of nitrogens with zero attached hydrogens (tertiary/aromatic N) is 1. The molecule has 2 unspecified atom stereocenters. The smallest absolute Gasteiger partial charge is 0.361 e. The lowest BCUT2D eigenvalue weighted by atomic mass is 10.0. The number of carbonyl (C=O) groups is 3. The Balaban J connectivity index is 4.21. The van der Waals surface area contributed by atoms with Gasteiger partial charge in [-0.3, -0.25) is 9.59 Å². The molecular formula is C57H108NO8+. The molecule has 0 radical (unpaired) electrons. The standard InChI is InChI=1S/C57H107NO8/c1-6-8-10-12-14-16-18-20-22-24-25-26-27-28-29-30-32-33-35-37-39-41-43-45-47-54(59)64-51-53(52-65-57(56(61)62)63-50-49-58(3,4)5)66-55(60)48-46-44-42-40-38-36-34-31-23-21-19-17-15-13-11-9-7-2/h15,17,21,23,53,57H,6-14,16,18-20,22,24-52H2,1-5H3/p+1/b17-15-,23-21-. The maximum absolute atomic E-state index is 12.8. The van der Waals surface area contributed by atoms with Crippen LogP contribution in [-0.4, -0.2) is 87.4 Å². The minimum Gasteiger partial charge on any atom is -0.477 e. The number of carboxylic acids is 1. The summed E-state index contributed by atoms with van der Waals surface area (Å²) in [5, 5.41) is 9.68. The predicted octanol–water partition coefficient (Wildman–Crippen LogP) is 16.0. The molecule has 0 amide bonds. The van der Waals surface area contributed by atoms with Crippen molar-refractivity contribution < 1.29 is 42.9 Å². The van der Waals surface area contributed by atoms with Crippen LogP contribution in [0.3, 0.4) is 0 Å². The molecule has 0 aliphatic heterocycles. The largest absolute Gasteiger partial charge is 0.477 e. The molecule has 0 fully saturated rings. The van der Waals surface area contributed by atoms with E-state index in [0.717, 1.165) is 51.4 Å². The summed E-state index contributed by atoms with van der Waals surface area (Å²) < 4.78 is 22.9. The van der Waals surface area contributed by atoms with Crippen LogP contribution >= 0.6 is 0 Å². The Bertz CT molecular complexity index is 1130. The highest BCUT2D eigenvalue weighted by atomic mass is 16.7. The van der Waals surface area contributed by atoms with E-state index in [1.165, 1.54) is 180 Å². The summed E-state index contributed by atoms with van der Waals surface area (Å²) in [5.74, 6) is -2.00. The van der Waals surface area contributed by atoms with E-state index in [2.05, 4.69) is 38.2 Å². The molecule has 0 aromatic carbocycles. The number of hydrogen-bond acceptors (Lipinski definition) is 7. The second kappa shape index (κ2) is 49.2. The van der Waals surface area contributed by atoms with E-state index in [4.69, 9.17) is 18.9 Å². The summed E-state index contributed by atoms with van der Waals surface area (Å²) in [4.78, 5) is 37.3. The zero-order chi connectivity index (χ0) is 48.4. The van der Waals surface area contributed by atoms with E-state index in [0.29, 0.717) is 23.9 Å². The van der Waals surface area contributed by atoms with Gasteiger partial charge in [0.25, 0.3) is 6.29 Å². The Hall–Kier alpha value is -2.23. The summed E-state index contributed by atoms with van der Waals surface area (Å²) in [6.07, 6.45) is 53.9. The van der Waals surface area contributed by atoms with Crippen molar-refractivity contribution in [3.05, 3.63) is 24.3 Å². The number of quaternary nitrogens is 1. The van der Waals surface area contributed by atoms with Gasteiger partial charge in [-0.2, -0.15) is 0 Å². The zero-order valence-electron chi connectivity index (χ0n) is 44.1. The number of aliphatic carboxylic acids is 1. The molecule has 9 nitrogen and oxygen atoms in total. The number of hydrogen-bond donors (Lipinski definition) is 1. The highest BCUT2D eigenvalue weighted by molar-refractivity contribution is 5.71. The van der Waals surface area contributed by atoms with Gasteiger partial charge in [-0.05, 0) is 44.9 Å². The third kappa shape index (κ3) is 49.7. The van der Waals surface area contributed by atoms with Crippen molar-refractivity contribution in [3.8, 4) is 0 Å². The van der Waals surface area contributed by atoms with Gasteiger partial charge in [0.2, 0.25) is 0 Å². The van der Waals surface area contributed by atoms with Gasteiger partial charge < -0.3 is 28.5 Å². The van der Waals surface area contributed by atoms with Gasteiger partial charge in [0.15, 0.2) is 6.10 Å². The third-order valence-corrected chi connectivity index (χ3v) is 12.5. The maximum Gasteiger partial charge on any atom is 0.361 e. The van der Waals surface area contributed by atoms with Gasteiger partial charge in [0, 0.05) is 12.8 Å². The van der Waals surface area contributed by atoms with Crippen LogP contribution in [0.25, 0.3) is 0 Å². The Labute approximate surface area is 407 Å². The van der Waals surface area contributed by atoms with Gasteiger partial charge in [-0.1, -0.05) is 231 Å². The molecule has 388 valence electrons. The van der Waals surface area contributed by atoms with Crippen molar-refractivity contribution in [1.82, 2.24) is 0 Å². The third-order valence-electron chi connectivity index (χ3n) is 12.5. The van der Waals surface area contributed by atoms with E-state index in [-0.39, 0.29) is 32.2 Å². The van der Waals surface area contributed by atoms with Crippen molar-refractivity contribution in [2.24, 2.45) is 0 Å². The van der Waals surface area contributed by atoms with Crippen LogP contribution in [0.1, 0.15) is 264 Å². The minimum absolute atomic E-state index is 0.180. The Kier molecular flexibility index (Phi) is 47.5. The van der Waals surface area contributed by atoms with E-state index in [1.54, 1.807) is 0 Å². The van der Waals surface area contributed by atoms with Crippen LogP contribution in [0.5, 0.6) is 0 Å². The fourth-order valence-corrected chi connectivity index (χ4v) is 8.10. The number of unbranched alkanes of at least 4 members (excludes halogenated alkanes) is 33. The second-order valence-corrected chi connectivity index (χ2v) is 20.3. The SMILES string of the molecule is CCCCC/C=C\C/C=C\CCCCCCCCCC(=O)OC(COC(=O)CCCCCCCCCCCCCCCCCCCCCCCCCC)COC(OCC[N+](C)(C)C)C(=O)O. The highest BCUT2D eigenvalue weighted by Gasteiger charge is 2.25. The number of ether oxygens (including phenoxy) is 4. The first kappa shape index (κ1) is 63.8. The summed E-state index contributed by atoms with van der Waals surface area (Å²) in [6, 6.07) is 0. The topological polar surface area (TPSA) is 108 Å². The van der Waals surface area contributed by atoms with Gasteiger partial charge in [0.05, 0.1) is 34.4 Å². The monoisotopic (exact) mass is 935 g/mol. The van der Waals surface area contributed by atoms with Crippen LogP contribution in [-0.2, 0) is 33.3 Å². The Morgan fingerprint density at radius 1 is 0.455 bits per heavy atom. The van der Waals surface area contributed by atoms with E-state index >= 15 is 0 Å². The normalized spacial score (nSPS) is 12.9. The van der Waals surface area contributed by atoms with E-state index in [1.807, 2.05) is 21.1 Å². The van der Waals surface area contributed by atoms with Crippen LogP contribution in [0, 0.1) is 0 Å². The molecule has 0 saturated heterocycles. The Morgan fingerprint density at radius 2 is 0.818 bits per heavy atom.